The number of hydrogen-bond acceptors (Lipinski definition) is 2. The lowest BCUT2D eigenvalue weighted by Crippen LogP contribution is -1.89. The lowest BCUT2D eigenvalue weighted by molar-refractivity contribution is 0.520. The lowest BCUT2D eigenvalue weighted by atomic mass is 10.1. The van der Waals surface area contributed by atoms with Gasteiger partial charge in [-0.05, 0) is 23.5 Å². The summed E-state index contributed by atoms with van der Waals surface area (Å²) in [5.74, 6) is 0.766. The molecular weight excluding hydrogens is 207 g/mol. The molecule has 0 saturated heterocycles. The normalized spacial score (nSPS) is 10.5. The zero-order chi connectivity index (χ0) is 10.9. The molecule has 1 unspecified atom stereocenters. The maximum Gasteiger partial charge on any atom is 0.542 e. The van der Waals surface area contributed by atoms with Crippen molar-refractivity contribution in [2.24, 2.45) is 0 Å². The van der Waals surface area contributed by atoms with Crippen LogP contribution in [-0.2, 0) is 11.0 Å². The van der Waals surface area contributed by atoms with Gasteiger partial charge in [0.25, 0.3) is 0 Å². The van der Waals surface area contributed by atoms with Crippen molar-refractivity contribution in [1.29, 1.82) is 0 Å². The summed E-state index contributed by atoms with van der Waals surface area (Å²) in [6, 6.07) is 7.82. The van der Waals surface area contributed by atoms with E-state index in [-0.39, 0.29) is 0 Å². The first-order chi connectivity index (χ1) is 7.38. The highest BCUT2D eigenvalue weighted by atomic mass is 31.1. The largest absolute Gasteiger partial charge is 0.542 e. The molecule has 15 heavy (non-hydrogen) atoms. The molecule has 0 amide bonds. The van der Waals surface area contributed by atoms with E-state index < -0.39 is 8.69 Å². The Balaban J connectivity index is 2.47. The Morgan fingerprint density at radius 2 is 2.00 bits per heavy atom. The van der Waals surface area contributed by atoms with E-state index in [2.05, 4.69) is 6.92 Å². The Bertz CT molecular complexity index is 299. The van der Waals surface area contributed by atoms with Crippen molar-refractivity contribution >= 4 is 8.69 Å². The molecule has 1 aromatic carbocycles. The molecule has 82 valence electrons. The van der Waals surface area contributed by atoms with E-state index in [1.807, 2.05) is 24.3 Å². The molecule has 1 atom stereocenters. The van der Waals surface area contributed by atoms with Gasteiger partial charge in [-0.15, -0.1) is 0 Å². The van der Waals surface area contributed by atoms with Gasteiger partial charge in [-0.2, -0.15) is 0 Å². The Labute approximate surface area is 92.9 Å². The van der Waals surface area contributed by atoms with Crippen molar-refractivity contribution in [3.05, 3.63) is 29.8 Å². The standard InChI is InChI=1S/C12H18O2P/c1-2-3-4-5-8-11-9-6-7-10-12(11)14-15-13/h6-7,9-10,15H,2-5,8H2,1H3/q+1. The molecule has 0 aliphatic carbocycles. The number of unbranched alkanes of at least 4 members (excludes halogenated alkanes) is 3. The monoisotopic (exact) mass is 225 g/mol. The van der Waals surface area contributed by atoms with Crippen molar-refractivity contribution in [3.63, 3.8) is 0 Å². The van der Waals surface area contributed by atoms with E-state index in [0.29, 0.717) is 0 Å². The Morgan fingerprint density at radius 3 is 2.73 bits per heavy atom. The molecule has 0 aliphatic rings. The second-order valence-electron chi connectivity index (χ2n) is 3.60. The molecule has 0 aliphatic heterocycles. The first-order valence-corrected chi connectivity index (χ1v) is 6.32. The van der Waals surface area contributed by atoms with Crippen LogP contribution in [0.3, 0.4) is 0 Å². The fraction of sp³-hybridized carbons (Fsp3) is 0.500. The number of benzene rings is 1. The minimum absolute atomic E-state index is 0.713. The summed E-state index contributed by atoms with van der Waals surface area (Å²) in [6.45, 7) is 2.20. The van der Waals surface area contributed by atoms with Gasteiger partial charge in [0.05, 0.1) is 0 Å². The molecule has 0 aromatic heterocycles. The van der Waals surface area contributed by atoms with E-state index in [1.165, 1.54) is 25.7 Å². The van der Waals surface area contributed by atoms with Crippen molar-refractivity contribution in [2.45, 2.75) is 39.0 Å². The molecular formula is C12H18O2P+. The van der Waals surface area contributed by atoms with Crippen LogP contribution in [0.2, 0.25) is 0 Å². The quantitative estimate of drug-likeness (QED) is 0.515. The van der Waals surface area contributed by atoms with Gasteiger partial charge in [0.2, 0.25) is 0 Å². The first-order valence-electron chi connectivity index (χ1n) is 5.50. The van der Waals surface area contributed by atoms with Crippen molar-refractivity contribution in [3.8, 4) is 5.75 Å². The van der Waals surface area contributed by atoms with Crippen LogP contribution in [0.1, 0.15) is 38.2 Å². The maximum absolute atomic E-state index is 10.4. The molecule has 0 fully saturated rings. The fourth-order valence-electron chi connectivity index (χ4n) is 1.60. The summed E-state index contributed by atoms with van der Waals surface area (Å²) < 4.78 is 15.5. The molecule has 0 bridgehead atoms. The third kappa shape index (κ3) is 4.44. The fourth-order valence-corrected chi connectivity index (χ4v) is 1.89. The van der Waals surface area contributed by atoms with Crippen LogP contribution in [0, 0.1) is 0 Å². The third-order valence-corrected chi connectivity index (χ3v) is 2.73. The third-order valence-electron chi connectivity index (χ3n) is 2.42. The number of aryl methyl sites for hydroxylation is 1. The smallest absolute Gasteiger partial charge is 0.256 e. The van der Waals surface area contributed by atoms with Gasteiger partial charge in [-0.25, -0.2) is 0 Å². The second kappa shape index (κ2) is 7.42. The van der Waals surface area contributed by atoms with E-state index in [4.69, 9.17) is 4.52 Å². The number of hydrogen-bond donors (Lipinski definition) is 0. The first kappa shape index (κ1) is 12.2. The Morgan fingerprint density at radius 1 is 1.20 bits per heavy atom. The number of rotatable bonds is 7. The molecule has 1 rings (SSSR count). The molecule has 0 N–H and O–H groups in total. The van der Waals surface area contributed by atoms with Gasteiger partial charge in [0, 0.05) is 5.56 Å². The van der Waals surface area contributed by atoms with E-state index in [1.54, 1.807) is 0 Å². The van der Waals surface area contributed by atoms with Crippen molar-refractivity contribution in [2.75, 3.05) is 0 Å². The molecule has 0 spiro atoms. The number of para-hydroxylation sites is 1. The van der Waals surface area contributed by atoms with Gasteiger partial charge in [0.1, 0.15) is 0 Å². The van der Waals surface area contributed by atoms with Crippen LogP contribution in [0.25, 0.3) is 0 Å². The van der Waals surface area contributed by atoms with E-state index in [0.717, 1.165) is 17.7 Å². The predicted molar refractivity (Wildman–Crippen MR) is 63.9 cm³/mol. The molecule has 0 heterocycles. The maximum atomic E-state index is 10.4. The Hall–Kier alpha value is -0.880. The average molecular weight is 225 g/mol. The van der Waals surface area contributed by atoms with Gasteiger partial charge in [0.15, 0.2) is 5.75 Å². The zero-order valence-corrected chi connectivity index (χ0v) is 10.2. The zero-order valence-electron chi connectivity index (χ0n) is 9.16. The summed E-state index contributed by atoms with van der Waals surface area (Å²) in [6.07, 6.45) is 5.98. The van der Waals surface area contributed by atoms with Crippen LogP contribution >= 0.6 is 8.69 Å². The summed E-state index contributed by atoms with van der Waals surface area (Å²) in [5.41, 5.74) is 1.16. The van der Waals surface area contributed by atoms with Gasteiger partial charge in [-0.1, -0.05) is 44.4 Å². The van der Waals surface area contributed by atoms with Gasteiger partial charge >= 0.3 is 8.69 Å². The second-order valence-corrected chi connectivity index (χ2v) is 3.97. The molecule has 2 nitrogen and oxygen atoms in total. The SMILES string of the molecule is CCCCCCc1ccccc1O[PH+]=O. The Kier molecular flexibility index (Phi) is 6.03. The minimum atomic E-state index is -0.713. The summed E-state index contributed by atoms with van der Waals surface area (Å²) in [4.78, 5) is 0. The minimum Gasteiger partial charge on any atom is -0.256 e. The van der Waals surface area contributed by atoms with Crippen LogP contribution in [0.5, 0.6) is 5.75 Å². The summed E-state index contributed by atoms with van der Waals surface area (Å²) in [5, 5.41) is 0. The highest BCUT2D eigenvalue weighted by Gasteiger charge is 2.05. The molecule has 0 saturated carbocycles. The van der Waals surface area contributed by atoms with E-state index in [9.17, 15) is 4.57 Å². The van der Waals surface area contributed by atoms with Crippen LogP contribution in [0.4, 0.5) is 0 Å². The van der Waals surface area contributed by atoms with Crippen LogP contribution < -0.4 is 4.52 Å². The molecule has 3 heteroatoms. The predicted octanol–water partition coefficient (Wildman–Crippen LogP) is 4.13. The van der Waals surface area contributed by atoms with Crippen molar-refractivity contribution < 1.29 is 9.09 Å². The molecule has 1 aromatic rings. The average Bonchev–Trinajstić information content (AvgIpc) is 2.27. The highest BCUT2D eigenvalue weighted by Crippen LogP contribution is 2.23. The lowest BCUT2D eigenvalue weighted by Gasteiger charge is -2.03. The van der Waals surface area contributed by atoms with Crippen LogP contribution in [-0.4, -0.2) is 0 Å². The van der Waals surface area contributed by atoms with E-state index >= 15 is 0 Å². The van der Waals surface area contributed by atoms with Gasteiger partial charge in [-0.3, -0.25) is 4.52 Å². The topological polar surface area (TPSA) is 26.3 Å². The molecule has 0 radical (unpaired) electrons. The van der Waals surface area contributed by atoms with Crippen molar-refractivity contribution in [1.82, 2.24) is 0 Å². The van der Waals surface area contributed by atoms with Crippen LogP contribution in [0.15, 0.2) is 24.3 Å². The highest BCUT2D eigenvalue weighted by molar-refractivity contribution is 7.17. The van der Waals surface area contributed by atoms with Gasteiger partial charge < -0.3 is 0 Å². The summed E-state index contributed by atoms with van der Waals surface area (Å²) >= 11 is 0. The summed E-state index contributed by atoms with van der Waals surface area (Å²) in [7, 11) is -0.713.